The first-order valence-corrected chi connectivity index (χ1v) is 13.8. The normalized spacial score (nSPS) is 22.1. The van der Waals surface area contributed by atoms with Crippen LogP contribution in [0, 0.1) is 0 Å². The zero-order valence-electron chi connectivity index (χ0n) is 21.7. The van der Waals surface area contributed by atoms with Gasteiger partial charge in [0.1, 0.15) is 18.3 Å². The molecule has 5 N–H and O–H groups in total. The molecule has 0 aromatic carbocycles. The lowest BCUT2D eigenvalue weighted by atomic mass is 10.0. The average molecular weight is 508 g/mol. The number of nitrogens with zero attached hydrogens (tertiary/aromatic N) is 3. The number of aliphatic hydroxyl groups is 2. The van der Waals surface area contributed by atoms with Crippen LogP contribution in [-0.4, -0.2) is 61.3 Å². The molecular weight excluding hydrogens is 462 g/mol. The van der Waals surface area contributed by atoms with Crippen molar-refractivity contribution in [3.8, 4) is 0 Å². The van der Waals surface area contributed by atoms with E-state index in [0.717, 1.165) is 12.8 Å². The maximum atomic E-state index is 12.0. The van der Waals surface area contributed by atoms with Gasteiger partial charge in [-0.15, -0.1) is 0 Å². The third-order valence-corrected chi connectivity index (χ3v) is 7.02. The molecule has 0 spiro atoms. The fourth-order valence-corrected chi connectivity index (χ4v) is 4.95. The minimum atomic E-state index is -1.05. The van der Waals surface area contributed by atoms with Gasteiger partial charge in [-0.3, -0.25) is 14.3 Å². The lowest BCUT2D eigenvalue weighted by Gasteiger charge is -2.20. The molecule has 0 radical (unpaired) electrons. The molecule has 0 saturated carbocycles. The van der Waals surface area contributed by atoms with Gasteiger partial charge in [0.2, 0.25) is 5.95 Å². The summed E-state index contributed by atoms with van der Waals surface area (Å²) in [5.74, 6) is -0.0500. The van der Waals surface area contributed by atoms with Crippen molar-refractivity contribution >= 4 is 17.1 Å². The highest BCUT2D eigenvalue weighted by Gasteiger charge is 2.45. The summed E-state index contributed by atoms with van der Waals surface area (Å²) < 4.78 is 13.2. The summed E-state index contributed by atoms with van der Waals surface area (Å²) in [6.45, 7) is 2.46. The second kappa shape index (κ2) is 15.3. The smallest absolute Gasteiger partial charge is 0.280 e. The highest BCUT2D eigenvalue weighted by Crippen LogP contribution is 2.33. The van der Waals surface area contributed by atoms with Crippen molar-refractivity contribution in [2.75, 3.05) is 18.9 Å². The first-order valence-electron chi connectivity index (χ1n) is 13.8. The van der Waals surface area contributed by atoms with Crippen LogP contribution in [0.5, 0.6) is 0 Å². The van der Waals surface area contributed by atoms with Crippen molar-refractivity contribution in [2.45, 2.75) is 121 Å². The molecule has 2 aromatic heterocycles. The van der Waals surface area contributed by atoms with Gasteiger partial charge >= 0.3 is 0 Å². The summed E-state index contributed by atoms with van der Waals surface area (Å²) in [7, 11) is 0. The molecule has 10 nitrogen and oxygen atoms in total. The van der Waals surface area contributed by atoms with E-state index in [1.807, 2.05) is 0 Å². The maximum Gasteiger partial charge on any atom is 0.280 e. The predicted octanol–water partition coefficient (Wildman–Crippen LogP) is 3.82. The number of aromatic nitrogens is 4. The minimum Gasteiger partial charge on any atom is -0.394 e. The van der Waals surface area contributed by atoms with E-state index in [1.54, 1.807) is 0 Å². The number of aromatic amines is 1. The molecule has 36 heavy (non-hydrogen) atoms. The molecule has 2 aromatic rings. The van der Waals surface area contributed by atoms with Crippen LogP contribution in [-0.2, 0) is 9.47 Å². The Kier molecular flexibility index (Phi) is 12.1. The Hall–Kier alpha value is -2.01. The molecule has 3 rings (SSSR count). The number of hydrogen-bond donors (Lipinski definition) is 4. The number of aliphatic hydroxyl groups excluding tert-OH is 2. The highest BCUT2D eigenvalue weighted by molar-refractivity contribution is 5.70. The van der Waals surface area contributed by atoms with Gasteiger partial charge in [-0.2, -0.15) is 4.98 Å². The largest absolute Gasteiger partial charge is 0.394 e. The van der Waals surface area contributed by atoms with Crippen LogP contribution >= 0.6 is 0 Å². The van der Waals surface area contributed by atoms with E-state index >= 15 is 0 Å². The van der Waals surface area contributed by atoms with Crippen LogP contribution < -0.4 is 11.3 Å². The summed E-state index contributed by atoms with van der Waals surface area (Å²) in [5, 5.41) is 20.6. The molecule has 4 atom stereocenters. The van der Waals surface area contributed by atoms with Crippen LogP contribution in [0.15, 0.2) is 11.1 Å². The topological polar surface area (TPSA) is 149 Å². The number of H-pyrrole nitrogens is 1. The molecule has 0 aliphatic carbocycles. The van der Waals surface area contributed by atoms with Crippen molar-refractivity contribution in [3.05, 3.63) is 16.7 Å². The average Bonchev–Trinajstić information content (AvgIpc) is 3.42. The van der Waals surface area contributed by atoms with Gasteiger partial charge in [-0.1, -0.05) is 90.4 Å². The Morgan fingerprint density at radius 2 is 1.61 bits per heavy atom. The number of hydrogen-bond acceptors (Lipinski definition) is 8. The standard InChI is InChI=1S/C26H45N5O5/c1-2-3-4-5-6-7-8-9-10-11-12-13-14-15-16-35-22-19(17-32)36-25(21(22)33)31-18-28-20-23(31)29-26(27)30-24(20)34/h18-19,21-22,25,32-33H,2-17H2,1H3,(H3,27,29,30,34)/t19-,21+,22?,25-/m1/s1. The molecule has 1 saturated heterocycles. The van der Waals surface area contributed by atoms with E-state index in [2.05, 4.69) is 21.9 Å². The Morgan fingerprint density at radius 3 is 2.19 bits per heavy atom. The minimum absolute atomic E-state index is 0.0500. The second-order valence-electron chi connectivity index (χ2n) is 9.95. The van der Waals surface area contributed by atoms with Gasteiger partial charge < -0.3 is 25.4 Å². The highest BCUT2D eigenvalue weighted by atomic mass is 16.6. The molecule has 0 amide bonds. The zero-order valence-corrected chi connectivity index (χ0v) is 21.7. The summed E-state index contributed by atoms with van der Waals surface area (Å²) in [6, 6.07) is 0. The van der Waals surface area contributed by atoms with Gasteiger partial charge in [-0.05, 0) is 6.42 Å². The van der Waals surface area contributed by atoms with Gasteiger partial charge in [0.15, 0.2) is 17.4 Å². The molecule has 3 heterocycles. The van der Waals surface area contributed by atoms with Crippen molar-refractivity contribution in [1.82, 2.24) is 19.5 Å². The van der Waals surface area contributed by atoms with Gasteiger partial charge in [-0.25, -0.2) is 4.98 Å². The van der Waals surface area contributed by atoms with E-state index in [-0.39, 0.29) is 23.7 Å². The fourth-order valence-electron chi connectivity index (χ4n) is 4.95. The molecule has 1 aliphatic rings. The lowest BCUT2D eigenvalue weighted by molar-refractivity contribution is -0.0609. The number of unbranched alkanes of at least 4 members (excludes halogenated alkanes) is 13. The van der Waals surface area contributed by atoms with Crippen LogP contribution in [0.3, 0.4) is 0 Å². The van der Waals surface area contributed by atoms with E-state index < -0.39 is 30.1 Å². The van der Waals surface area contributed by atoms with Crippen molar-refractivity contribution in [1.29, 1.82) is 0 Å². The summed E-state index contributed by atoms with van der Waals surface area (Å²) in [4.78, 5) is 22.6. The first kappa shape index (κ1) is 28.6. The van der Waals surface area contributed by atoms with Gasteiger partial charge in [0.25, 0.3) is 5.56 Å². The zero-order chi connectivity index (χ0) is 25.8. The second-order valence-corrected chi connectivity index (χ2v) is 9.95. The van der Waals surface area contributed by atoms with Crippen molar-refractivity contribution < 1.29 is 19.7 Å². The number of imidazole rings is 1. The molecule has 10 heteroatoms. The van der Waals surface area contributed by atoms with Crippen LogP contribution in [0.2, 0.25) is 0 Å². The number of anilines is 1. The molecule has 0 bridgehead atoms. The molecular formula is C26H45N5O5. The quantitative estimate of drug-likeness (QED) is 0.223. The Labute approximate surface area is 213 Å². The number of ether oxygens (including phenoxy) is 2. The monoisotopic (exact) mass is 507 g/mol. The Bertz CT molecular complexity index is 948. The fraction of sp³-hybridized carbons (Fsp3) is 0.808. The number of rotatable bonds is 18. The third-order valence-electron chi connectivity index (χ3n) is 7.02. The van der Waals surface area contributed by atoms with E-state index in [9.17, 15) is 15.0 Å². The van der Waals surface area contributed by atoms with E-state index in [4.69, 9.17) is 15.2 Å². The van der Waals surface area contributed by atoms with Gasteiger partial charge in [0.05, 0.1) is 12.9 Å². The number of nitrogens with one attached hydrogen (secondary N) is 1. The van der Waals surface area contributed by atoms with Crippen LogP contribution in [0.1, 0.15) is 103 Å². The number of fused-ring (bicyclic) bond motifs is 1. The summed E-state index contributed by atoms with van der Waals surface area (Å²) >= 11 is 0. The van der Waals surface area contributed by atoms with Crippen molar-refractivity contribution in [3.63, 3.8) is 0 Å². The van der Waals surface area contributed by atoms with E-state index in [0.29, 0.717) is 6.61 Å². The molecule has 1 unspecified atom stereocenters. The Morgan fingerprint density at radius 1 is 1.03 bits per heavy atom. The Balaban J connectivity index is 1.31. The lowest BCUT2D eigenvalue weighted by Crippen LogP contribution is -2.36. The molecule has 1 aliphatic heterocycles. The molecule has 1 fully saturated rings. The summed E-state index contributed by atoms with van der Waals surface area (Å²) in [5.41, 5.74) is 5.51. The number of nitrogens with two attached hydrogens (primary N) is 1. The van der Waals surface area contributed by atoms with Gasteiger partial charge in [0, 0.05) is 6.61 Å². The van der Waals surface area contributed by atoms with Crippen LogP contribution in [0.25, 0.3) is 11.2 Å². The number of nitrogen functional groups attached to an aromatic ring is 1. The van der Waals surface area contributed by atoms with E-state index in [1.165, 1.54) is 87.9 Å². The SMILES string of the molecule is CCCCCCCCCCCCCCCCOC1[C@@H](CO)O[C@@H](n2cnc3c(=O)[nH]c(N)nc32)[C@H]1O. The first-order chi connectivity index (χ1) is 17.6. The van der Waals surface area contributed by atoms with Crippen LogP contribution in [0.4, 0.5) is 5.95 Å². The predicted molar refractivity (Wildman–Crippen MR) is 140 cm³/mol. The third kappa shape index (κ3) is 7.99. The summed E-state index contributed by atoms with van der Waals surface area (Å²) in [6.07, 6.45) is 16.1. The van der Waals surface area contributed by atoms with Crippen molar-refractivity contribution in [2.24, 2.45) is 0 Å². The maximum absolute atomic E-state index is 12.0. The molecule has 204 valence electrons.